The Morgan fingerprint density at radius 3 is 2.65 bits per heavy atom. The van der Waals surface area contributed by atoms with E-state index in [2.05, 4.69) is 10.3 Å². The Bertz CT molecular complexity index is 538. The van der Waals surface area contributed by atoms with Gasteiger partial charge in [0.2, 0.25) is 11.8 Å². The highest BCUT2D eigenvalue weighted by molar-refractivity contribution is 7.13. The van der Waals surface area contributed by atoms with Crippen LogP contribution in [0.25, 0.3) is 0 Å². The van der Waals surface area contributed by atoms with E-state index < -0.39 is 0 Å². The molecule has 2 amide bonds. The summed E-state index contributed by atoms with van der Waals surface area (Å²) < 4.78 is 0. The summed E-state index contributed by atoms with van der Waals surface area (Å²) in [5.74, 6) is 0.0704. The number of nitrogens with one attached hydrogen (secondary N) is 1. The molecule has 0 bridgehead atoms. The van der Waals surface area contributed by atoms with Crippen LogP contribution in [-0.4, -0.2) is 34.3 Å². The molecule has 1 aliphatic carbocycles. The van der Waals surface area contributed by atoms with E-state index in [4.69, 9.17) is 0 Å². The van der Waals surface area contributed by atoms with E-state index in [1.807, 2.05) is 26.2 Å². The van der Waals surface area contributed by atoms with Gasteiger partial charge in [0.25, 0.3) is 0 Å². The lowest BCUT2D eigenvalue weighted by molar-refractivity contribution is -0.141. The molecule has 1 aromatic rings. The van der Waals surface area contributed by atoms with Crippen molar-refractivity contribution in [2.24, 2.45) is 5.92 Å². The highest BCUT2D eigenvalue weighted by atomic mass is 32.1. The van der Waals surface area contributed by atoms with Crippen LogP contribution in [0, 0.1) is 12.8 Å². The van der Waals surface area contributed by atoms with Gasteiger partial charge < -0.3 is 10.2 Å². The minimum Gasteiger partial charge on any atom is -0.330 e. The topological polar surface area (TPSA) is 62.3 Å². The van der Waals surface area contributed by atoms with Gasteiger partial charge in [0.05, 0.1) is 5.69 Å². The van der Waals surface area contributed by atoms with E-state index in [0.717, 1.165) is 37.8 Å². The van der Waals surface area contributed by atoms with Gasteiger partial charge in [-0.2, -0.15) is 0 Å². The minimum atomic E-state index is -0.163. The first-order valence-corrected chi connectivity index (χ1v) is 9.41. The van der Waals surface area contributed by atoms with E-state index >= 15 is 0 Å². The molecule has 0 aliphatic heterocycles. The molecule has 5 nitrogen and oxygen atoms in total. The van der Waals surface area contributed by atoms with Gasteiger partial charge in [0.1, 0.15) is 6.54 Å². The molecule has 1 atom stereocenters. The molecule has 1 heterocycles. The van der Waals surface area contributed by atoms with Gasteiger partial charge in [0.15, 0.2) is 5.13 Å². The number of nitrogens with zero attached hydrogens (tertiary/aromatic N) is 2. The standard InChI is InChI=1S/C17H27N3O2S/c1-4-13(3)20(16(22)14-8-6-5-7-9-14)10-15(21)19-17-18-12(2)11-23-17/h11,13-14H,4-10H2,1-3H3,(H,18,19,21)/t13-/m0/s1. The number of hydrogen-bond acceptors (Lipinski definition) is 4. The summed E-state index contributed by atoms with van der Waals surface area (Å²) in [4.78, 5) is 31.1. The molecule has 1 aliphatic rings. The van der Waals surface area contributed by atoms with Gasteiger partial charge in [0, 0.05) is 17.3 Å². The van der Waals surface area contributed by atoms with E-state index in [9.17, 15) is 9.59 Å². The molecule has 0 spiro atoms. The number of carbonyl (C=O) groups excluding carboxylic acids is 2. The Labute approximate surface area is 142 Å². The van der Waals surface area contributed by atoms with Gasteiger partial charge in [-0.15, -0.1) is 11.3 Å². The summed E-state index contributed by atoms with van der Waals surface area (Å²) in [5, 5.41) is 5.30. The van der Waals surface area contributed by atoms with E-state index in [-0.39, 0.29) is 30.3 Å². The smallest absolute Gasteiger partial charge is 0.245 e. The predicted molar refractivity (Wildman–Crippen MR) is 93.5 cm³/mol. The normalized spacial score (nSPS) is 16.8. The average molecular weight is 337 g/mol. The molecular formula is C17H27N3O2S. The minimum absolute atomic E-state index is 0.0770. The lowest BCUT2D eigenvalue weighted by atomic mass is 9.88. The van der Waals surface area contributed by atoms with Crippen LogP contribution in [0.4, 0.5) is 5.13 Å². The zero-order chi connectivity index (χ0) is 16.8. The first-order chi connectivity index (χ1) is 11.0. The zero-order valence-electron chi connectivity index (χ0n) is 14.3. The quantitative estimate of drug-likeness (QED) is 0.863. The molecule has 0 saturated heterocycles. The third-order valence-corrected chi connectivity index (χ3v) is 5.42. The molecule has 128 valence electrons. The van der Waals surface area contributed by atoms with Crippen molar-refractivity contribution in [1.82, 2.24) is 9.88 Å². The molecular weight excluding hydrogens is 310 g/mol. The maximum atomic E-state index is 12.8. The summed E-state index contributed by atoms with van der Waals surface area (Å²) in [6.45, 7) is 6.07. The first kappa shape index (κ1) is 17.9. The molecule has 1 saturated carbocycles. The van der Waals surface area contributed by atoms with Gasteiger partial charge >= 0.3 is 0 Å². The van der Waals surface area contributed by atoms with Crippen molar-refractivity contribution in [1.29, 1.82) is 0 Å². The van der Waals surface area contributed by atoms with Crippen LogP contribution in [0.2, 0.25) is 0 Å². The van der Waals surface area contributed by atoms with E-state index in [1.165, 1.54) is 17.8 Å². The first-order valence-electron chi connectivity index (χ1n) is 8.53. The number of aromatic nitrogens is 1. The molecule has 2 rings (SSSR count). The Kier molecular flexibility index (Phi) is 6.57. The number of anilines is 1. The lowest BCUT2D eigenvalue weighted by Gasteiger charge is -2.32. The Morgan fingerprint density at radius 1 is 1.39 bits per heavy atom. The van der Waals surface area contributed by atoms with Crippen LogP contribution < -0.4 is 5.32 Å². The van der Waals surface area contributed by atoms with Gasteiger partial charge in [-0.05, 0) is 33.1 Å². The largest absolute Gasteiger partial charge is 0.330 e. The van der Waals surface area contributed by atoms with Crippen molar-refractivity contribution in [3.05, 3.63) is 11.1 Å². The van der Waals surface area contributed by atoms with Crippen molar-refractivity contribution < 1.29 is 9.59 Å². The fraction of sp³-hybridized carbons (Fsp3) is 0.706. The molecule has 0 unspecified atom stereocenters. The second-order valence-corrected chi connectivity index (χ2v) is 7.26. The van der Waals surface area contributed by atoms with Crippen molar-refractivity contribution in [3.63, 3.8) is 0 Å². The van der Waals surface area contributed by atoms with E-state index in [0.29, 0.717) is 5.13 Å². The fourth-order valence-electron chi connectivity index (χ4n) is 2.98. The zero-order valence-corrected chi connectivity index (χ0v) is 15.1. The maximum absolute atomic E-state index is 12.8. The number of carbonyl (C=O) groups is 2. The second kappa shape index (κ2) is 8.43. The van der Waals surface area contributed by atoms with Crippen LogP contribution in [0.15, 0.2) is 5.38 Å². The average Bonchev–Trinajstić information content (AvgIpc) is 2.97. The molecule has 0 aromatic carbocycles. The Balaban J connectivity index is 1.99. The van der Waals surface area contributed by atoms with Gasteiger partial charge in [-0.3, -0.25) is 9.59 Å². The number of hydrogen-bond donors (Lipinski definition) is 1. The SMILES string of the molecule is CC[C@H](C)N(CC(=O)Nc1nc(C)cs1)C(=O)C1CCCCC1. The van der Waals surface area contributed by atoms with Crippen molar-refractivity contribution in [2.75, 3.05) is 11.9 Å². The number of thiazole rings is 1. The van der Waals surface area contributed by atoms with Crippen molar-refractivity contribution in [2.45, 2.75) is 65.3 Å². The molecule has 1 N–H and O–H groups in total. The fourth-order valence-corrected chi connectivity index (χ4v) is 3.68. The van der Waals surface area contributed by atoms with Crippen LogP contribution in [0.3, 0.4) is 0 Å². The van der Waals surface area contributed by atoms with Crippen molar-refractivity contribution in [3.8, 4) is 0 Å². The molecule has 6 heteroatoms. The van der Waals surface area contributed by atoms with Crippen molar-refractivity contribution >= 4 is 28.3 Å². The summed E-state index contributed by atoms with van der Waals surface area (Å²) in [6, 6.07) is 0.0770. The molecule has 0 radical (unpaired) electrons. The van der Waals surface area contributed by atoms with Crippen LogP contribution in [0.1, 0.15) is 58.1 Å². The predicted octanol–water partition coefficient (Wildman–Crippen LogP) is 3.60. The summed E-state index contributed by atoms with van der Waals surface area (Å²) in [7, 11) is 0. The highest BCUT2D eigenvalue weighted by Crippen LogP contribution is 2.26. The summed E-state index contributed by atoms with van der Waals surface area (Å²) >= 11 is 1.41. The maximum Gasteiger partial charge on any atom is 0.245 e. The van der Waals surface area contributed by atoms with Gasteiger partial charge in [-0.25, -0.2) is 4.98 Å². The van der Waals surface area contributed by atoms with Crippen LogP contribution in [0.5, 0.6) is 0 Å². The number of rotatable bonds is 6. The molecule has 23 heavy (non-hydrogen) atoms. The monoisotopic (exact) mass is 337 g/mol. The summed E-state index contributed by atoms with van der Waals surface area (Å²) in [6.07, 6.45) is 6.22. The third-order valence-electron chi connectivity index (χ3n) is 4.54. The molecule has 1 fully saturated rings. The number of aryl methyl sites for hydroxylation is 1. The number of amides is 2. The lowest BCUT2D eigenvalue weighted by Crippen LogP contribution is -2.46. The molecule has 1 aromatic heterocycles. The Hall–Kier alpha value is -1.43. The van der Waals surface area contributed by atoms with Gasteiger partial charge in [-0.1, -0.05) is 26.2 Å². The van der Waals surface area contributed by atoms with Crippen LogP contribution >= 0.6 is 11.3 Å². The van der Waals surface area contributed by atoms with Crippen LogP contribution in [-0.2, 0) is 9.59 Å². The summed E-state index contributed by atoms with van der Waals surface area (Å²) in [5.41, 5.74) is 0.891. The van der Waals surface area contributed by atoms with E-state index in [1.54, 1.807) is 4.90 Å². The third kappa shape index (κ3) is 5.03. The second-order valence-electron chi connectivity index (χ2n) is 6.40. The highest BCUT2D eigenvalue weighted by Gasteiger charge is 2.29. The Morgan fingerprint density at radius 2 is 2.09 bits per heavy atom.